The number of nitrogens with one attached hydrogen (secondary N) is 1. The monoisotopic (exact) mass is 191 g/mol. The van der Waals surface area contributed by atoms with Crippen LogP contribution in [-0.2, 0) is 11.2 Å². The average Bonchev–Trinajstić information content (AvgIpc) is 2.03. The Kier molecular flexibility index (Phi) is 8.07. The average molecular weight is 191 g/mol. The molecule has 0 aliphatic heterocycles. The fourth-order valence-corrected chi connectivity index (χ4v) is 1.51. The van der Waals surface area contributed by atoms with E-state index in [-0.39, 0.29) is 0 Å². The van der Waals surface area contributed by atoms with Crippen LogP contribution in [0.25, 0.3) is 0 Å². The van der Waals surface area contributed by atoms with E-state index in [1.807, 2.05) is 6.92 Å². The zero-order valence-electron chi connectivity index (χ0n) is 8.43. The van der Waals surface area contributed by atoms with Gasteiger partial charge in [0.15, 0.2) is 0 Å². The van der Waals surface area contributed by atoms with Crippen LogP contribution in [0.1, 0.15) is 27.2 Å². The molecule has 0 saturated heterocycles. The van der Waals surface area contributed by atoms with Crippen molar-refractivity contribution in [3.63, 3.8) is 0 Å². The third kappa shape index (κ3) is 8.37. The maximum atomic E-state index is 11.0. The van der Waals surface area contributed by atoms with Crippen LogP contribution in [0.5, 0.6) is 0 Å². The molecule has 0 radical (unpaired) electrons. The predicted molar refractivity (Wildman–Crippen MR) is 55.9 cm³/mol. The highest BCUT2D eigenvalue weighted by molar-refractivity contribution is 7.91. The molecule has 0 aromatic rings. The maximum Gasteiger partial charge on any atom is 0.117 e. The Hall–Kier alpha value is 0.270. The van der Waals surface area contributed by atoms with Gasteiger partial charge in [0, 0.05) is 6.54 Å². The Morgan fingerprint density at radius 1 is 1.33 bits per heavy atom. The number of hydrogen-bond acceptors (Lipinski definition) is 2. The molecule has 0 aromatic heterocycles. The molecule has 0 rings (SSSR count). The normalized spacial score (nSPS) is 13.8. The molecule has 3 heteroatoms. The van der Waals surface area contributed by atoms with Crippen LogP contribution < -0.4 is 5.32 Å². The van der Waals surface area contributed by atoms with Gasteiger partial charge in [-0.05, 0) is 25.8 Å². The summed E-state index contributed by atoms with van der Waals surface area (Å²) in [7, 11) is 0. The van der Waals surface area contributed by atoms with Crippen molar-refractivity contribution in [2.75, 3.05) is 24.6 Å². The van der Waals surface area contributed by atoms with Gasteiger partial charge in [-0.1, -0.05) is 25.0 Å². The quantitative estimate of drug-likeness (QED) is 0.487. The first-order valence-electron chi connectivity index (χ1n) is 4.72. The van der Waals surface area contributed by atoms with Crippen molar-refractivity contribution in [3.05, 3.63) is 0 Å². The van der Waals surface area contributed by atoms with Crippen LogP contribution in [0.15, 0.2) is 0 Å². The van der Waals surface area contributed by atoms with Crippen molar-refractivity contribution in [1.82, 2.24) is 5.32 Å². The van der Waals surface area contributed by atoms with Gasteiger partial charge in [-0.25, -0.2) is 0 Å². The van der Waals surface area contributed by atoms with Crippen LogP contribution in [0.2, 0.25) is 0 Å². The minimum absolute atomic E-state index is 0.604. The van der Waals surface area contributed by atoms with Gasteiger partial charge in [0.05, 0.1) is 0 Å². The van der Waals surface area contributed by atoms with Crippen molar-refractivity contribution in [1.29, 1.82) is 0 Å². The molecular weight excluding hydrogens is 170 g/mol. The fourth-order valence-electron chi connectivity index (χ4n) is 0.846. The third-order valence-electron chi connectivity index (χ3n) is 1.73. The van der Waals surface area contributed by atoms with Gasteiger partial charge in [-0.3, -0.25) is 0 Å². The molecule has 0 bridgehead atoms. The molecule has 1 unspecified atom stereocenters. The summed E-state index contributed by atoms with van der Waals surface area (Å²) in [5.74, 6) is 2.34. The lowest BCUT2D eigenvalue weighted by molar-refractivity contribution is 0.543. The second-order valence-corrected chi connectivity index (χ2v) is 5.23. The topological polar surface area (TPSA) is 35.1 Å². The van der Waals surface area contributed by atoms with Gasteiger partial charge in [0.25, 0.3) is 0 Å². The van der Waals surface area contributed by atoms with Crippen LogP contribution in [-0.4, -0.2) is 29.1 Å². The van der Waals surface area contributed by atoms with Gasteiger partial charge >= 0.3 is 0 Å². The van der Waals surface area contributed by atoms with E-state index >= 15 is 0 Å². The van der Waals surface area contributed by atoms with Gasteiger partial charge in [-0.15, -0.1) is 0 Å². The molecule has 12 heavy (non-hydrogen) atoms. The number of hydrogen-bond donors (Lipinski definition) is 1. The van der Waals surface area contributed by atoms with Crippen molar-refractivity contribution >= 4 is 11.2 Å². The van der Waals surface area contributed by atoms with Gasteiger partial charge in [-0.2, -0.15) is 0 Å². The second-order valence-electron chi connectivity index (χ2n) is 3.37. The van der Waals surface area contributed by atoms with Crippen molar-refractivity contribution in [3.8, 4) is 0 Å². The van der Waals surface area contributed by atoms with Gasteiger partial charge in [0.2, 0.25) is 0 Å². The van der Waals surface area contributed by atoms with E-state index in [1.54, 1.807) is 0 Å². The number of rotatable bonds is 7. The van der Waals surface area contributed by atoms with Crippen LogP contribution in [0.3, 0.4) is 0 Å². The highest BCUT2D eigenvalue weighted by Gasteiger charge is 2.00. The molecule has 0 fully saturated rings. The van der Waals surface area contributed by atoms with Crippen LogP contribution >= 0.6 is 0 Å². The summed E-state index contributed by atoms with van der Waals surface area (Å²) >= 11 is -0.604. The third-order valence-corrected chi connectivity index (χ3v) is 3.03. The first-order valence-corrected chi connectivity index (χ1v) is 6.21. The smallest absolute Gasteiger partial charge is 0.117 e. The molecule has 1 N–H and O–H groups in total. The zero-order chi connectivity index (χ0) is 9.40. The Bertz CT molecular complexity index is 98.5. The predicted octanol–water partition coefficient (Wildman–Crippen LogP) is 1.39. The first kappa shape index (κ1) is 12.3. The van der Waals surface area contributed by atoms with Crippen molar-refractivity contribution < 1.29 is 4.55 Å². The van der Waals surface area contributed by atoms with E-state index < -0.39 is 11.2 Å². The van der Waals surface area contributed by atoms with Crippen LogP contribution in [0.4, 0.5) is 0 Å². The molecular formula is C9H21NOS. The molecule has 74 valence electrons. The summed E-state index contributed by atoms with van der Waals surface area (Å²) in [6, 6.07) is 0. The lowest BCUT2D eigenvalue weighted by Gasteiger charge is -2.09. The maximum absolute atomic E-state index is 11.0. The van der Waals surface area contributed by atoms with Crippen LogP contribution in [0, 0.1) is 5.92 Å². The molecule has 0 aliphatic rings. The van der Waals surface area contributed by atoms with E-state index in [0.29, 0.717) is 0 Å². The van der Waals surface area contributed by atoms with Gasteiger partial charge in [0.1, 0.15) is 11.5 Å². The lowest BCUT2D eigenvalue weighted by Crippen LogP contribution is -2.25. The molecule has 0 amide bonds. The van der Waals surface area contributed by atoms with E-state index in [0.717, 1.165) is 30.5 Å². The Morgan fingerprint density at radius 2 is 2.00 bits per heavy atom. The summed E-state index contributed by atoms with van der Waals surface area (Å²) in [6.07, 6.45) is 1.21. The SMILES string of the molecule is CC[S+]([O-])CCNCCC(C)C. The largest absolute Gasteiger partial charge is 0.616 e. The molecule has 0 spiro atoms. The molecule has 0 saturated carbocycles. The second kappa shape index (κ2) is 7.90. The first-order chi connectivity index (χ1) is 5.66. The standard InChI is InChI=1S/C9H21NOS/c1-4-12(11)8-7-10-6-5-9(2)3/h9-10H,4-8H2,1-3H3. The lowest BCUT2D eigenvalue weighted by atomic mass is 10.1. The van der Waals surface area contributed by atoms with E-state index in [4.69, 9.17) is 0 Å². The summed E-state index contributed by atoms with van der Waals surface area (Å²) in [6.45, 7) is 8.34. The highest BCUT2D eigenvalue weighted by Crippen LogP contribution is 1.96. The summed E-state index contributed by atoms with van der Waals surface area (Å²) in [4.78, 5) is 0. The molecule has 2 nitrogen and oxygen atoms in total. The van der Waals surface area contributed by atoms with E-state index in [2.05, 4.69) is 19.2 Å². The fraction of sp³-hybridized carbons (Fsp3) is 1.00. The molecule has 0 aromatic carbocycles. The minimum atomic E-state index is -0.604. The Morgan fingerprint density at radius 3 is 2.50 bits per heavy atom. The Labute approximate surface area is 79.3 Å². The Balaban J connectivity index is 3.00. The molecule has 0 heterocycles. The highest BCUT2D eigenvalue weighted by atomic mass is 32.2. The molecule has 0 aliphatic carbocycles. The summed E-state index contributed by atoms with van der Waals surface area (Å²) in [5, 5.41) is 3.29. The van der Waals surface area contributed by atoms with E-state index in [1.165, 1.54) is 6.42 Å². The molecule has 1 atom stereocenters. The van der Waals surface area contributed by atoms with Crippen molar-refractivity contribution in [2.45, 2.75) is 27.2 Å². The summed E-state index contributed by atoms with van der Waals surface area (Å²) < 4.78 is 11.0. The summed E-state index contributed by atoms with van der Waals surface area (Å²) in [5.41, 5.74) is 0. The van der Waals surface area contributed by atoms with Crippen molar-refractivity contribution in [2.24, 2.45) is 5.92 Å². The zero-order valence-corrected chi connectivity index (χ0v) is 9.25. The van der Waals surface area contributed by atoms with E-state index in [9.17, 15) is 4.55 Å². The minimum Gasteiger partial charge on any atom is -0.616 e. The van der Waals surface area contributed by atoms with Gasteiger partial charge < -0.3 is 9.87 Å².